The van der Waals surface area contributed by atoms with Crippen molar-refractivity contribution in [3.63, 3.8) is 0 Å². The van der Waals surface area contributed by atoms with E-state index in [1.54, 1.807) is 0 Å². The van der Waals surface area contributed by atoms with Gasteiger partial charge in [-0.1, -0.05) is 23.2 Å². The molecule has 0 saturated heterocycles. The van der Waals surface area contributed by atoms with E-state index in [0.29, 0.717) is 0 Å². The molecule has 0 fully saturated rings. The van der Waals surface area contributed by atoms with Gasteiger partial charge >= 0.3 is 5.97 Å². The second-order valence-electron chi connectivity index (χ2n) is 3.01. The van der Waals surface area contributed by atoms with E-state index in [1.165, 1.54) is 18.3 Å². The fourth-order valence-corrected chi connectivity index (χ4v) is 1.36. The van der Waals surface area contributed by atoms with E-state index in [4.69, 9.17) is 34.2 Å². The van der Waals surface area contributed by atoms with Crippen LogP contribution in [0.3, 0.4) is 0 Å². The van der Waals surface area contributed by atoms with Gasteiger partial charge < -0.3 is 10.9 Å². The Morgan fingerprint density at radius 3 is 2.72 bits per heavy atom. The number of aromatic nitrogens is 1. The van der Waals surface area contributed by atoms with Crippen molar-refractivity contribution in [2.24, 2.45) is 10.9 Å². The Hall–Kier alpha value is -1.92. The monoisotopic (exact) mass is 287 g/mol. The summed E-state index contributed by atoms with van der Waals surface area (Å²) in [6.07, 6.45) is 3.30. The van der Waals surface area contributed by atoms with Crippen LogP contribution in [0.1, 0.15) is 15.9 Å². The number of carboxylic acids is 1. The summed E-state index contributed by atoms with van der Waals surface area (Å²) in [4.78, 5) is 25.9. The van der Waals surface area contributed by atoms with Crippen molar-refractivity contribution in [1.29, 1.82) is 0 Å². The Bertz CT molecular complexity index is 555. The number of pyridine rings is 1. The van der Waals surface area contributed by atoms with Gasteiger partial charge in [0.25, 0.3) is 0 Å². The Balaban J connectivity index is 3.28. The molecule has 1 rings (SSSR count). The van der Waals surface area contributed by atoms with Gasteiger partial charge in [0.2, 0.25) is 5.78 Å². The van der Waals surface area contributed by atoms with Gasteiger partial charge in [-0.25, -0.2) is 9.78 Å². The van der Waals surface area contributed by atoms with Crippen molar-refractivity contribution in [3.05, 3.63) is 34.6 Å². The van der Waals surface area contributed by atoms with Gasteiger partial charge in [-0.3, -0.25) is 4.79 Å². The lowest BCUT2D eigenvalue weighted by atomic mass is 10.1. The molecule has 94 valence electrons. The molecule has 3 N–H and O–H groups in total. The average molecular weight is 288 g/mol. The van der Waals surface area contributed by atoms with Crippen LogP contribution in [0, 0.1) is 0 Å². The smallest absolute Gasteiger partial charge is 0.328 e. The molecule has 0 aliphatic carbocycles. The van der Waals surface area contributed by atoms with Gasteiger partial charge in [-0.15, -0.1) is 0 Å². The zero-order chi connectivity index (χ0) is 13.7. The van der Waals surface area contributed by atoms with Gasteiger partial charge in [0, 0.05) is 23.4 Å². The van der Waals surface area contributed by atoms with Gasteiger partial charge in [0.15, 0.2) is 5.17 Å². The molecule has 0 spiro atoms. The summed E-state index contributed by atoms with van der Waals surface area (Å²) < 4.78 is 0. The lowest BCUT2D eigenvalue weighted by Crippen LogP contribution is -2.12. The van der Waals surface area contributed by atoms with E-state index in [0.717, 1.165) is 6.08 Å². The number of aliphatic carboxylic acids is 1. The largest absolute Gasteiger partial charge is 0.478 e. The zero-order valence-electron chi connectivity index (χ0n) is 8.80. The summed E-state index contributed by atoms with van der Waals surface area (Å²) in [7, 11) is 0. The first-order valence-electron chi connectivity index (χ1n) is 4.50. The van der Waals surface area contributed by atoms with Crippen LogP contribution < -0.4 is 5.84 Å². The lowest BCUT2D eigenvalue weighted by Gasteiger charge is -2.03. The highest BCUT2D eigenvalue weighted by Gasteiger charge is 2.16. The number of rotatable bonds is 4. The molecule has 0 radical (unpaired) electrons. The first-order valence-corrected chi connectivity index (χ1v) is 5.26. The lowest BCUT2D eigenvalue weighted by molar-refractivity contribution is -0.131. The van der Waals surface area contributed by atoms with Crippen molar-refractivity contribution >= 4 is 46.2 Å². The molecule has 0 unspecified atom stereocenters. The number of ketones is 1. The van der Waals surface area contributed by atoms with Crippen LogP contribution in [-0.2, 0) is 4.79 Å². The number of nitrogens with zero attached hydrogens (tertiary/aromatic N) is 2. The molecule has 0 bridgehead atoms. The van der Waals surface area contributed by atoms with Gasteiger partial charge in [0.1, 0.15) is 5.15 Å². The summed E-state index contributed by atoms with van der Waals surface area (Å²) in [6, 6.07) is 1.25. The topological polar surface area (TPSA) is 106 Å². The highest BCUT2D eigenvalue weighted by molar-refractivity contribution is 6.85. The molecule has 0 amide bonds. The van der Waals surface area contributed by atoms with Crippen LogP contribution in [0.25, 0.3) is 6.08 Å². The molecule has 1 aromatic rings. The van der Waals surface area contributed by atoms with Gasteiger partial charge in [0.05, 0.1) is 0 Å². The number of hydrogen-bond donors (Lipinski definition) is 2. The van der Waals surface area contributed by atoms with E-state index < -0.39 is 16.9 Å². The molecule has 1 heterocycles. The number of carbonyl (C=O) groups is 2. The Labute approximate surface area is 112 Å². The predicted molar refractivity (Wildman–Crippen MR) is 67.7 cm³/mol. The number of nitrogens with two attached hydrogens (primary N) is 1. The van der Waals surface area contributed by atoms with Crippen LogP contribution in [0.2, 0.25) is 5.15 Å². The van der Waals surface area contributed by atoms with Crippen molar-refractivity contribution in [2.75, 3.05) is 0 Å². The summed E-state index contributed by atoms with van der Waals surface area (Å²) in [5, 5.41) is 11.2. The van der Waals surface area contributed by atoms with Crippen molar-refractivity contribution < 1.29 is 14.7 Å². The summed E-state index contributed by atoms with van der Waals surface area (Å²) in [6.45, 7) is 0. The third kappa shape index (κ3) is 3.54. The minimum atomic E-state index is -1.16. The summed E-state index contributed by atoms with van der Waals surface area (Å²) in [5.74, 6) is 3.06. The van der Waals surface area contributed by atoms with Crippen LogP contribution in [0.4, 0.5) is 0 Å². The molecule has 6 nitrogen and oxygen atoms in total. The van der Waals surface area contributed by atoms with Crippen LogP contribution in [-0.4, -0.2) is 27.0 Å². The number of carboxylic acid groups (broad SMARTS) is 1. The Morgan fingerprint density at radius 1 is 1.50 bits per heavy atom. The minimum Gasteiger partial charge on any atom is -0.478 e. The molecule has 0 aliphatic heterocycles. The molecule has 8 heteroatoms. The zero-order valence-corrected chi connectivity index (χ0v) is 10.3. The van der Waals surface area contributed by atoms with E-state index in [-0.39, 0.29) is 16.3 Å². The van der Waals surface area contributed by atoms with E-state index >= 15 is 0 Å². The average Bonchev–Trinajstić information content (AvgIpc) is 2.35. The highest BCUT2D eigenvalue weighted by atomic mass is 35.5. The maximum absolute atomic E-state index is 11.8. The van der Waals surface area contributed by atoms with Crippen molar-refractivity contribution in [3.8, 4) is 0 Å². The van der Waals surface area contributed by atoms with E-state index in [9.17, 15) is 9.59 Å². The van der Waals surface area contributed by atoms with Crippen molar-refractivity contribution in [2.45, 2.75) is 0 Å². The molecular formula is C10H7Cl2N3O3. The van der Waals surface area contributed by atoms with Gasteiger partial charge in [-0.2, -0.15) is 5.10 Å². The third-order valence-corrected chi connectivity index (χ3v) is 2.33. The number of carbonyl (C=O) groups excluding carboxylic acids is 1. The molecule has 0 saturated carbocycles. The fourth-order valence-electron chi connectivity index (χ4n) is 1.10. The second-order valence-corrected chi connectivity index (χ2v) is 3.76. The molecule has 0 aromatic carbocycles. The molecular weight excluding hydrogens is 281 g/mol. The molecule has 0 atom stereocenters. The fraction of sp³-hybridized carbons (Fsp3) is 0. The molecule has 1 aromatic heterocycles. The quantitative estimate of drug-likeness (QED) is 0.218. The number of hydrazone groups is 1. The maximum atomic E-state index is 11.8. The second kappa shape index (κ2) is 6.13. The summed E-state index contributed by atoms with van der Waals surface area (Å²) >= 11 is 11.2. The summed E-state index contributed by atoms with van der Waals surface area (Å²) in [5.41, 5.74) is 0.306. The van der Waals surface area contributed by atoms with Gasteiger partial charge in [-0.05, 0) is 12.1 Å². The standard InChI is InChI=1S/C10H7Cl2N3O3/c11-7-3-6(9(18)10(12)15-13)5(4-14-7)1-2-8(16)17/h1-4H,13H2,(H,16,17). The van der Waals surface area contributed by atoms with Crippen molar-refractivity contribution in [1.82, 2.24) is 4.98 Å². The normalized spacial score (nSPS) is 11.8. The minimum absolute atomic E-state index is 0.0618. The first kappa shape index (κ1) is 14.1. The Kier molecular flexibility index (Phi) is 4.82. The first-order chi connectivity index (χ1) is 8.45. The number of hydrogen-bond acceptors (Lipinski definition) is 5. The highest BCUT2D eigenvalue weighted by Crippen LogP contribution is 2.16. The number of halogens is 2. The van der Waals surface area contributed by atoms with E-state index in [2.05, 4.69) is 10.1 Å². The molecule has 0 aliphatic rings. The third-order valence-electron chi connectivity index (χ3n) is 1.85. The number of Topliss-reactive ketones (excluding diaryl/α,β-unsaturated/α-hetero) is 1. The SMILES string of the molecule is NN=C(Cl)C(=O)c1cc(Cl)ncc1C=CC(=O)O. The predicted octanol–water partition coefficient (Wildman–Crippen LogP) is 1.53. The van der Waals surface area contributed by atoms with E-state index in [1.807, 2.05) is 0 Å². The van der Waals surface area contributed by atoms with Crippen LogP contribution >= 0.6 is 23.2 Å². The molecule has 18 heavy (non-hydrogen) atoms. The maximum Gasteiger partial charge on any atom is 0.328 e. The van der Waals surface area contributed by atoms with Crippen LogP contribution in [0.5, 0.6) is 0 Å². The Morgan fingerprint density at radius 2 is 2.17 bits per heavy atom. The van der Waals surface area contributed by atoms with Crippen LogP contribution in [0.15, 0.2) is 23.4 Å².